The van der Waals surface area contributed by atoms with Gasteiger partial charge in [0, 0.05) is 21.3 Å². The number of rotatable bonds is 2. The van der Waals surface area contributed by atoms with Crippen molar-refractivity contribution >= 4 is 22.2 Å². The Bertz CT molecular complexity index is 732. The van der Waals surface area contributed by atoms with Crippen molar-refractivity contribution in [1.29, 1.82) is 0 Å². The number of nitrogens with zero attached hydrogens (tertiary/aromatic N) is 1. The summed E-state index contributed by atoms with van der Waals surface area (Å²) in [5, 5.41) is 11.6. The van der Waals surface area contributed by atoms with Crippen molar-refractivity contribution in [3.8, 4) is 0 Å². The average molecular weight is 269 g/mol. The molecule has 1 N–H and O–H groups in total. The first-order valence-corrected chi connectivity index (χ1v) is 7.06. The highest BCUT2D eigenvalue weighted by molar-refractivity contribution is 7.12. The molecule has 2 aromatic heterocycles. The molecule has 1 unspecified atom stereocenters. The van der Waals surface area contributed by atoms with Gasteiger partial charge in [-0.25, -0.2) is 0 Å². The van der Waals surface area contributed by atoms with E-state index < -0.39 is 6.10 Å². The van der Waals surface area contributed by atoms with Gasteiger partial charge in [-0.05, 0) is 49.2 Å². The summed E-state index contributed by atoms with van der Waals surface area (Å²) in [5.74, 6) is 0. The van der Waals surface area contributed by atoms with Crippen molar-refractivity contribution in [3.05, 3.63) is 63.5 Å². The molecule has 19 heavy (non-hydrogen) atoms. The molecule has 1 atom stereocenters. The zero-order valence-corrected chi connectivity index (χ0v) is 11.7. The van der Waals surface area contributed by atoms with Crippen molar-refractivity contribution < 1.29 is 5.11 Å². The van der Waals surface area contributed by atoms with Crippen LogP contribution in [0, 0.1) is 13.8 Å². The number of aromatic nitrogens is 1. The molecule has 1 aromatic carbocycles. The van der Waals surface area contributed by atoms with E-state index in [2.05, 4.69) is 24.9 Å². The number of benzene rings is 1. The molecule has 2 heterocycles. The fraction of sp³-hybridized carbons (Fsp3) is 0.188. The first kappa shape index (κ1) is 12.3. The maximum Gasteiger partial charge on any atom is 0.105 e. The Morgan fingerprint density at radius 3 is 2.74 bits per heavy atom. The highest BCUT2D eigenvalue weighted by Crippen LogP contribution is 2.31. The molecule has 0 spiro atoms. The van der Waals surface area contributed by atoms with E-state index in [1.807, 2.05) is 30.3 Å². The van der Waals surface area contributed by atoms with Crippen molar-refractivity contribution in [2.75, 3.05) is 0 Å². The number of hydrogen-bond acceptors (Lipinski definition) is 3. The maximum atomic E-state index is 10.5. The predicted molar refractivity (Wildman–Crippen MR) is 79.6 cm³/mol. The summed E-state index contributed by atoms with van der Waals surface area (Å²) in [6.07, 6.45) is 1.22. The Balaban J connectivity index is 2.06. The van der Waals surface area contributed by atoms with Gasteiger partial charge in [0.25, 0.3) is 0 Å². The third kappa shape index (κ3) is 2.27. The van der Waals surface area contributed by atoms with Gasteiger partial charge in [-0.2, -0.15) is 0 Å². The van der Waals surface area contributed by atoms with Gasteiger partial charge in [-0.15, -0.1) is 11.3 Å². The Kier molecular flexibility index (Phi) is 3.09. The lowest BCUT2D eigenvalue weighted by atomic mass is 10.0. The van der Waals surface area contributed by atoms with Crippen LogP contribution >= 0.6 is 11.3 Å². The van der Waals surface area contributed by atoms with Crippen LogP contribution in [0.15, 0.2) is 42.6 Å². The van der Waals surface area contributed by atoms with Crippen LogP contribution in [0.25, 0.3) is 10.9 Å². The molecular formula is C16H15NOS. The van der Waals surface area contributed by atoms with Crippen molar-refractivity contribution in [2.45, 2.75) is 20.0 Å². The number of pyridine rings is 1. The van der Waals surface area contributed by atoms with E-state index in [0.29, 0.717) is 0 Å². The van der Waals surface area contributed by atoms with E-state index >= 15 is 0 Å². The first-order valence-electron chi connectivity index (χ1n) is 6.25. The Morgan fingerprint density at radius 2 is 2.00 bits per heavy atom. The highest BCUT2D eigenvalue weighted by Gasteiger charge is 2.15. The molecule has 0 amide bonds. The van der Waals surface area contributed by atoms with Crippen LogP contribution in [0.2, 0.25) is 0 Å². The summed E-state index contributed by atoms with van der Waals surface area (Å²) < 4.78 is 0. The molecule has 0 radical (unpaired) electrons. The summed E-state index contributed by atoms with van der Waals surface area (Å²) in [7, 11) is 0. The standard InChI is InChI=1S/C16H15NOS/c1-10-8-14(11(2)19-10)16(18)13-5-6-15-12(9-13)4-3-7-17-15/h3-9,16,18H,1-2H3. The van der Waals surface area contributed by atoms with E-state index in [0.717, 1.165) is 22.0 Å². The summed E-state index contributed by atoms with van der Waals surface area (Å²) in [6.45, 7) is 4.12. The van der Waals surface area contributed by atoms with Crippen LogP contribution < -0.4 is 0 Å². The molecule has 0 saturated carbocycles. The fourth-order valence-electron chi connectivity index (χ4n) is 2.37. The topological polar surface area (TPSA) is 33.1 Å². The molecule has 2 nitrogen and oxygen atoms in total. The second-order valence-electron chi connectivity index (χ2n) is 4.73. The lowest BCUT2D eigenvalue weighted by molar-refractivity contribution is 0.220. The number of aliphatic hydroxyl groups is 1. The van der Waals surface area contributed by atoms with Gasteiger partial charge in [-0.3, -0.25) is 4.98 Å². The van der Waals surface area contributed by atoms with Gasteiger partial charge < -0.3 is 5.11 Å². The molecule has 0 aliphatic carbocycles. The van der Waals surface area contributed by atoms with Gasteiger partial charge in [0.2, 0.25) is 0 Å². The lowest BCUT2D eigenvalue weighted by Crippen LogP contribution is -1.99. The van der Waals surface area contributed by atoms with Crippen LogP contribution in [-0.2, 0) is 0 Å². The van der Waals surface area contributed by atoms with Gasteiger partial charge in [0.1, 0.15) is 6.10 Å². The normalized spacial score (nSPS) is 12.8. The first-order chi connectivity index (χ1) is 9.15. The van der Waals surface area contributed by atoms with Crippen molar-refractivity contribution in [1.82, 2.24) is 4.98 Å². The van der Waals surface area contributed by atoms with Crippen molar-refractivity contribution in [3.63, 3.8) is 0 Å². The number of aliphatic hydroxyl groups excluding tert-OH is 1. The third-order valence-corrected chi connectivity index (χ3v) is 4.30. The molecule has 0 saturated heterocycles. The molecule has 0 fully saturated rings. The fourth-order valence-corrected chi connectivity index (χ4v) is 3.32. The van der Waals surface area contributed by atoms with Gasteiger partial charge in [-0.1, -0.05) is 12.1 Å². The average Bonchev–Trinajstić information content (AvgIpc) is 2.76. The monoisotopic (exact) mass is 269 g/mol. The predicted octanol–water partition coefficient (Wildman–Crippen LogP) is 3.99. The quantitative estimate of drug-likeness (QED) is 0.763. The molecular weight excluding hydrogens is 254 g/mol. The summed E-state index contributed by atoms with van der Waals surface area (Å²) >= 11 is 1.72. The summed E-state index contributed by atoms with van der Waals surface area (Å²) in [6, 6.07) is 11.9. The van der Waals surface area contributed by atoms with Crippen LogP contribution in [-0.4, -0.2) is 10.1 Å². The molecule has 0 aliphatic rings. The second kappa shape index (κ2) is 4.76. The van der Waals surface area contributed by atoms with Crippen LogP contribution in [0.1, 0.15) is 27.0 Å². The van der Waals surface area contributed by atoms with E-state index in [9.17, 15) is 5.11 Å². The van der Waals surface area contributed by atoms with Gasteiger partial charge in [0.05, 0.1) is 5.52 Å². The van der Waals surface area contributed by atoms with Gasteiger partial charge in [0.15, 0.2) is 0 Å². The zero-order chi connectivity index (χ0) is 13.4. The smallest absolute Gasteiger partial charge is 0.105 e. The molecule has 0 bridgehead atoms. The molecule has 3 rings (SSSR count). The zero-order valence-electron chi connectivity index (χ0n) is 10.9. The Morgan fingerprint density at radius 1 is 1.16 bits per heavy atom. The molecule has 0 aliphatic heterocycles. The third-order valence-electron chi connectivity index (χ3n) is 3.32. The van der Waals surface area contributed by atoms with Crippen LogP contribution in [0.3, 0.4) is 0 Å². The Labute approximate surface area is 116 Å². The van der Waals surface area contributed by atoms with Crippen LogP contribution in [0.5, 0.6) is 0 Å². The summed E-state index contributed by atoms with van der Waals surface area (Å²) in [4.78, 5) is 6.70. The molecule has 3 heteroatoms. The second-order valence-corrected chi connectivity index (χ2v) is 6.19. The lowest BCUT2D eigenvalue weighted by Gasteiger charge is -2.11. The van der Waals surface area contributed by atoms with Crippen LogP contribution in [0.4, 0.5) is 0 Å². The molecule has 3 aromatic rings. The largest absolute Gasteiger partial charge is 0.384 e. The number of aryl methyl sites for hydroxylation is 2. The number of fused-ring (bicyclic) bond motifs is 1. The van der Waals surface area contributed by atoms with E-state index in [1.165, 1.54) is 9.75 Å². The highest BCUT2D eigenvalue weighted by atomic mass is 32.1. The number of hydrogen-bond donors (Lipinski definition) is 1. The van der Waals surface area contributed by atoms with Crippen molar-refractivity contribution in [2.24, 2.45) is 0 Å². The SMILES string of the molecule is Cc1cc(C(O)c2ccc3ncccc3c2)c(C)s1. The van der Waals surface area contributed by atoms with Gasteiger partial charge >= 0.3 is 0 Å². The van der Waals surface area contributed by atoms with E-state index in [4.69, 9.17) is 0 Å². The minimum absolute atomic E-state index is 0.561. The van der Waals surface area contributed by atoms with E-state index in [-0.39, 0.29) is 0 Å². The Hall–Kier alpha value is -1.71. The minimum Gasteiger partial charge on any atom is -0.384 e. The van der Waals surface area contributed by atoms with E-state index in [1.54, 1.807) is 17.5 Å². The maximum absolute atomic E-state index is 10.5. The minimum atomic E-state index is -0.561. The summed E-state index contributed by atoms with van der Waals surface area (Å²) in [5.41, 5.74) is 2.88. The number of thiophene rings is 1. The molecule has 96 valence electrons.